The van der Waals surface area contributed by atoms with E-state index >= 15 is 0 Å². The molecule has 0 saturated heterocycles. The molecule has 1 aromatic heterocycles. The van der Waals surface area contributed by atoms with E-state index in [1.165, 1.54) is 22.3 Å². The van der Waals surface area contributed by atoms with Crippen LogP contribution in [0.4, 0.5) is 4.39 Å². The number of nitrogens with zero attached hydrogens (tertiary/aromatic N) is 1. The molecule has 0 spiro atoms. The summed E-state index contributed by atoms with van der Waals surface area (Å²) in [5.74, 6) is -0.193. The molecule has 0 atom stereocenters. The van der Waals surface area contributed by atoms with E-state index in [1.54, 1.807) is 0 Å². The number of halogens is 1. The fraction of sp³-hybridized carbons (Fsp3) is 0.0625. The van der Waals surface area contributed by atoms with Crippen LogP contribution >= 0.6 is 0 Å². The standard InChI is InChI=1S/C16H12FNSe/c17-14-8-6-12(7-9-14)10-15-11-19-16(18-15)13-4-2-1-3-5-13/h1-9,11H,10H2. The number of rotatable bonds is 3. The van der Waals surface area contributed by atoms with Gasteiger partial charge in [-0.05, 0) is 0 Å². The molecule has 0 bridgehead atoms. The van der Waals surface area contributed by atoms with E-state index in [0.29, 0.717) is 14.5 Å². The van der Waals surface area contributed by atoms with Gasteiger partial charge < -0.3 is 0 Å². The Bertz CT molecular complexity index is 659. The first-order chi connectivity index (χ1) is 9.31. The summed E-state index contributed by atoms with van der Waals surface area (Å²) < 4.78 is 14.0. The molecular formula is C16H12FNSe. The Kier molecular flexibility index (Phi) is 3.58. The molecule has 0 aliphatic carbocycles. The van der Waals surface area contributed by atoms with Crippen LogP contribution in [0.3, 0.4) is 0 Å². The molecule has 0 aliphatic heterocycles. The van der Waals surface area contributed by atoms with Gasteiger partial charge in [0.2, 0.25) is 0 Å². The number of hydrogen-bond acceptors (Lipinski definition) is 1. The summed E-state index contributed by atoms with van der Waals surface area (Å²) in [5, 5.41) is 0. The summed E-state index contributed by atoms with van der Waals surface area (Å²) >= 11 is 0.302. The average molecular weight is 316 g/mol. The van der Waals surface area contributed by atoms with Crippen LogP contribution in [0.2, 0.25) is 0 Å². The van der Waals surface area contributed by atoms with Gasteiger partial charge in [-0.3, -0.25) is 0 Å². The van der Waals surface area contributed by atoms with Crippen LogP contribution in [0.15, 0.2) is 59.5 Å². The van der Waals surface area contributed by atoms with Crippen molar-refractivity contribution in [3.63, 3.8) is 0 Å². The summed E-state index contributed by atoms with van der Waals surface area (Å²) in [6.07, 6.45) is 0.776. The summed E-state index contributed by atoms with van der Waals surface area (Å²) in [4.78, 5) is 6.89. The first-order valence-corrected chi connectivity index (χ1v) is 7.90. The molecule has 2 aromatic carbocycles. The summed E-state index contributed by atoms with van der Waals surface area (Å²) in [5.41, 5.74) is 3.39. The van der Waals surface area contributed by atoms with Crippen LogP contribution in [0.1, 0.15) is 11.3 Å². The Morgan fingerprint density at radius 1 is 0.947 bits per heavy atom. The van der Waals surface area contributed by atoms with E-state index in [1.807, 2.05) is 30.3 Å². The van der Waals surface area contributed by atoms with E-state index in [4.69, 9.17) is 0 Å². The fourth-order valence-electron chi connectivity index (χ4n) is 1.91. The normalized spacial score (nSPS) is 10.6. The molecule has 0 unspecified atom stereocenters. The van der Waals surface area contributed by atoms with Crippen molar-refractivity contribution >= 4 is 14.5 Å². The zero-order valence-corrected chi connectivity index (χ0v) is 11.9. The van der Waals surface area contributed by atoms with Gasteiger partial charge in [0.05, 0.1) is 0 Å². The zero-order valence-electron chi connectivity index (χ0n) is 10.2. The molecule has 0 amide bonds. The second-order valence-corrected chi connectivity index (χ2v) is 6.11. The van der Waals surface area contributed by atoms with Crippen molar-refractivity contribution in [1.82, 2.24) is 4.98 Å². The van der Waals surface area contributed by atoms with Crippen LogP contribution in [-0.2, 0) is 6.42 Å². The molecule has 0 aliphatic rings. The Morgan fingerprint density at radius 3 is 2.42 bits per heavy atom. The Balaban J connectivity index is 1.80. The van der Waals surface area contributed by atoms with Gasteiger partial charge >= 0.3 is 117 Å². The molecule has 3 rings (SSSR count). The molecule has 0 radical (unpaired) electrons. The van der Waals surface area contributed by atoms with Gasteiger partial charge in [0.25, 0.3) is 0 Å². The van der Waals surface area contributed by atoms with Crippen LogP contribution in [0.25, 0.3) is 10.1 Å². The van der Waals surface area contributed by atoms with Gasteiger partial charge in [-0.1, -0.05) is 0 Å². The van der Waals surface area contributed by atoms with Crippen molar-refractivity contribution in [3.05, 3.63) is 76.6 Å². The van der Waals surface area contributed by atoms with Crippen LogP contribution in [0.5, 0.6) is 0 Å². The summed E-state index contributed by atoms with van der Waals surface area (Å²) in [6.45, 7) is 0. The molecule has 1 nitrogen and oxygen atoms in total. The second kappa shape index (κ2) is 5.52. The Labute approximate surface area is 117 Å². The van der Waals surface area contributed by atoms with E-state index in [-0.39, 0.29) is 5.82 Å². The van der Waals surface area contributed by atoms with Gasteiger partial charge in [-0.2, -0.15) is 0 Å². The summed E-state index contributed by atoms with van der Waals surface area (Å²) in [6, 6.07) is 16.9. The van der Waals surface area contributed by atoms with Gasteiger partial charge in [0.1, 0.15) is 0 Å². The predicted octanol–water partition coefficient (Wildman–Crippen LogP) is 3.54. The Hall–Kier alpha value is -1.70. The van der Waals surface area contributed by atoms with Gasteiger partial charge in [-0.15, -0.1) is 0 Å². The monoisotopic (exact) mass is 317 g/mol. The van der Waals surface area contributed by atoms with Crippen molar-refractivity contribution < 1.29 is 4.39 Å². The second-order valence-electron chi connectivity index (χ2n) is 4.31. The molecular weight excluding hydrogens is 304 g/mol. The maximum absolute atomic E-state index is 12.8. The van der Waals surface area contributed by atoms with Gasteiger partial charge in [0.15, 0.2) is 0 Å². The zero-order chi connectivity index (χ0) is 13.1. The number of benzene rings is 2. The van der Waals surface area contributed by atoms with E-state index in [0.717, 1.165) is 17.7 Å². The molecule has 0 fully saturated rings. The number of hydrogen-bond donors (Lipinski definition) is 0. The van der Waals surface area contributed by atoms with Crippen LogP contribution in [0, 0.1) is 5.82 Å². The fourth-order valence-corrected chi connectivity index (χ4v) is 3.65. The van der Waals surface area contributed by atoms with Crippen LogP contribution in [-0.4, -0.2) is 19.5 Å². The molecule has 1 heterocycles. The van der Waals surface area contributed by atoms with E-state index < -0.39 is 0 Å². The van der Waals surface area contributed by atoms with Gasteiger partial charge in [-0.25, -0.2) is 0 Å². The topological polar surface area (TPSA) is 12.9 Å². The maximum atomic E-state index is 12.8. The van der Waals surface area contributed by atoms with Crippen LogP contribution < -0.4 is 0 Å². The average Bonchev–Trinajstić information content (AvgIpc) is 2.91. The van der Waals surface area contributed by atoms with Crippen molar-refractivity contribution in [1.29, 1.82) is 0 Å². The van der Waals surface area contributed by atoms with E-state index in [2.05, 4.69) is 22.1 Å². The molecule has 19 heavy (non-hydrogen) atoms. The predicted molar refractivity (Wildman–Crippen MR) is 75.8 cm³/mol. The quantitative estimate of drug-likeness (QED) is 0.674. The van der Waals surface area contributed by atoms with Crippen molar-refractivity contribution in [2.24, 2.45) is 0 Å². The first-order valence-electron chi connectivity index (χ1n) is 6.05. The van der Waals surface area contributed by atoms with Crippen molar-refractivity contribution in [2.75, 3.05) is 0 Å². The molecule has 3 aromatic rings. The van der Waals surface area contributed by atoms with Crippen molar-refractivity contribution in [2.45, 2.75) is 6.42 Å². The molecule has 94 valence electrons. The third-order valence-corrected chi connectivity index (χ3v) is 4.84. The molecule has 0 N–H and O–H groups in total. The van der Waals surface area contributed by atoms with Crippen molar-refractivity contribution in [3.8, 4) is 10.1 Å². The molecule has 3 heteroatoms. The number of aromatic nitrogens is 1. The minimum absolute atomic E-state index is 0.193. The van der Waals surface area contributed by atoms with E-state index in [9.17, 15) is 4.39 Å². The minimum atomic E-state index is -0.193. The summed E-state index contributed by atoms with van der Waals surface area (Å²) in [7, 11) is 0. The third kappa shape index (κ3) is 3.01. The Morgan fingerprint density at radius 2 is 1.68 bits per heavy atom. The SMILES string of the molecule is Fc1ccc(Cc2c[se]c(-c3ccccc3)n2)cc1. The third-order valence-electron chi connectivity index (χ3n) is 2.87. The molecule has 0 saturated carbocycles. The van der Waals surface area contributed by atoms with Gasteiger partial charge in [0, 0.05) is 0 Å². The first kappa shape index (κ1) is 12.3.